The van der Waals surface area contributed by atoms with Crippen LogP contribution in [0, 0.1) is 11.8 Å². The first-order valence-electron chi connectivity index (χ1n) is 6.51. The van der Waals surface area contributed by atoms with Gasteiger partial charge >= 0.3 is 0 Å². The second-order valence-electron chi connectivity index (χ2n) is 5.13. The Bertz CT molecular complexity index is 277. The Hall–Kier alpha value is -0.750. The zero-order valence-electron chi connectivity index (χ0n) is 10.4. The molecule has 1 N–H and O–H groups in total. The number of hydrogen-bond donors (Lipinski definition) is 1. The third-order valence-electron chi connectivity index (χ3n) is 3.54. The molecule has 2 heterocycles. The van der Waals surface area contributed by atoms with E-state index in [4.69, 9.17) is 4.74 Å². The molecule has 2 saturated heterocycles. The van der Waals surface area contributed by atoms with Crippen molar-refractivity contribution in [2.75, 3.05) is 39.4 Å². The van der Waals surface area contributed by atoms with E-state index in [-0.39, 0.29) is 18.4 Å². The molecule has 0 aromatic heterocycles. The molecule has 1 unspecified atom stereocenters. The summed E-state index contributed by atoms with van der Waals surface area (Å²) in [5.74, 6) is 0.277. The highest BCUT2D eigenvalue weighted by Gasteiger charge is 2.33. The predicted octanol–water partition coefficient (Wildman–Crippen LogP) is 0.726. The summed E-state index contributed by atoms with van der Waals surface area (Å²) in [7, 11) is 0. The van der Waals surface area contributed by atoms with E-state index >= 15 is 0 Å². The van der Waals surface area contributed by atoms with Crippen LogP contribution >= 0.6 is 0 Å². The van der Waals surface area contributed by atoms with Gasteiger partial charge < -0.3 is 10.1 Å². The average molecular weight is 262 g/mol. The van der Waals surface area contributed by atoms with E-state index in [1.807, 2.05) is 0 Å². The van der Waals surface area contributed by atoms with Crippen LogP contribution in [-0.2, 0) is 9.53 Å². The van der Waals surface area contributed by atoms with E-state index in [0.717, 1.165) is 19.4 Å². The Morgan fingerprint density at radius 3 is 2.83 bits per heavy atom. The van der Waals surface area contributed by atoms with E-state index < -0.39 is 6.43 Å². The van der Waals surface area contributed by atoms with Crippen molar-refractivity contribution in [1.82, 2.24) is 10.2 Å². The molecule has 1 atom stereocenters. The van der Waals surface area contributed by atoms with Crippen molar-refractivity contribution in [2.24, 2.45) is 11.8 Å². The third-order valence-corrected chi connectivity index (χ3v) is 3.54. The summed E-state index contributed by atoms with van der Waals surface area (Å²) in [6.07, 6.45) is -0.178. The molecule has 0 aliphatic carbocycles. The molecule has 2 aliphatic rings. The lowest BCUT2D eigenvalue weighted by Gasteiger charge is -2.38. The molecule has 6 heteroatoms. The van der Waals surface area contributed by atoms with Gasteiger partial charge in [0, 0.05) is 26.2 Å². The van der Waals surface area contributed by atoms with E-state index in [9.17, 15) is 13.6 Å². The fourth-order valence-corrected chi connectivity index (χ4v) is 2.44. The molecular formula is C12H20F2N2O2. The number of likely N-dealkylation sites (tertiary alicyclic amines) is 1. The van der Waals surface area contributed by atoms with Crippen LogP contribution in [-0.4, -0.2) is 56.6 Å². The van der Waals surface area contributed by atoms with Crippen LogP contribution in [0.5, 0.6) is 0 Å². The van der Waals surface area contributed by atoms with Gasteiger partial charge in [0.15, 0.2) is 0 Å². The zero-order valence-corrected chi connectivity index (χ0v) is 10.4. The second kappa shape index (κ2) is 6.43. The molecular weight excluding hydrogens is 242 g/mol. The van der Waals surface area contributed by atoms with Crippen molar-refractivity contribution in [1.29, 1.82) is 0 Å². The molecule has 0 aromatic rings. The Morgan fingerprint density at radius 1 is 1.44 bits per heavy atom. The lowest BCUT2D eigenvalue weighted by atomic mass is 9.98. The molecule has 0 saturated carbocycles. The summed E-state index contributed by atoms with van der Waals surface area (Å²) < 4.78 is 29.5. The van der Waals surface area contributed by atoms with Crippen LogP contribution in [0.4, 0.5) is 8.78 Å². The van der Waals surface area contributed by atoms with Gasteiger partial charge in [-0.3, -0.25) is 9.69 Å². The van der Waals surface area contributed by atoms with E-state index in [0.29, 0.717) is 32.2 Å². The van der Waals surface area contributed by atoms with Gasteiger partial charge in [-0.25, -0.2) is 8.78 Å². The number of alkyl halides is 2. The van der Waals surface area contributed by atoms with E-state index in [2.05, 4.69) is 5.32 Å². The molecule has 1 amide bonds. The number of nitrogens with one attached hydrogen (secondary N) is 1. The molecule has 2 fully saturated rings. The number of ether oxygens (including phenoxy) is 1. The third kappa shape index (κ3) is 3.88. The summed E-state index contributed by atoms with van der Waals surface area (Å²) in [4.78, 5) is 13.3. The molecule has 18 heavy (non-hydrogen) atoms. The van der Waals surface area contributed by atoms with Gasteiger partial charge in [-0.05, 0) is 18.8 Å². The minimum absolute atomic E-state index is 0.00825. The Balaban J connectivity index is 1.58. The number of rotatable bonds is 5. The van der Waals surface area contributed by atoms with Crippen molar-refractivity contribution >= 4 is 5.91 Å². The fourth-order valence-electron chi connectivity index (χ4n) is 2.44. The fraction of sp³-hybridized carbons (Fsp3) is 0.917. The molecule has 0 radical (unpaired) electrons. The summed E-state index contributed by atoms with van der Waals surface area (Å²) in [5.41, 5.74) is 0. The van der Waals surface area contributed by atoms with Crippen LogP contribution in [0.1, 0.15) is 12.8 Å². The van der Waals surface area contributed by atoms with E-state index in [1.165, 1.54) is 0 Å². The standard InChI is InChI=1S/C12H20F2N2O2/c13-11(14)7-16-5-10(6-16)12(17)15-4-9-2-1-3-18-8-9/h9-11H,1-8H2,(H,15,17). The first kappa shape index (κ1) is 13.7. The van der Waals surface area contributed by atoms with Gasteiger partial charge in [0.25, 0.3) is 6.43 Å². The molecule has 4 nitrogen and oxygen atoms in total. The molecule has 0 aromatic carbocycles. The highest BCUT2D eigenvalue weighted by molar-refractivity contribution is 5.80. The first-order valence-corrected chi connectivity index (χ1v) is 6.51. The average Bonchev–Trinajstić information content (AvgIpc) is 2.31. The normalized spacial score (nSPS) is 26.1. The Kier molecular flexibility index (Phi) is 4.88. The van der Waals surface area contributed by atoms with Crippen molar-refractivity contribution in [3.8, 4) is 0 Å². The smallest absolute Gasteiger partial charge is 0.251 e. The Labute approximate surface area is 106 Å². The summed E-state index contributed by atoms with van der Waals surface area (Å²) >= 11 is 0. The number of nitrogens with zero attached hydrogens (tertiary/aromatic N) is 1. The first-order chi connectivity index (χ1) is 8.65. The second-order valence-corrected chi connectivity index (χ2v) is 5.13. The minimum Gasteiger partial charge on any atom is -0.381 e. The number of carbonyl (C=O) groups is 1. The number of amides is 1. The lowest BCUT2D eigenvalue weighted by molar-refractivity contribution is -0.131. The van der Waals surface area contributed by atoms with Crippen molar-refractivity contribution < 1.29 is 18.3 Å². The monoisotopic (exact) mass is 262 g/mol. The van der Waals surface area contributed by atoms with Gasteiger partial charge in [-0.15, -0.1) is 0 Å². The highest BCUT2D eigenvalue weighted by Crippen LogP contribution is 2.17. The van der Waals surface area contributed by atoms with Crippen molar-refractivity contribution in [3.05, 3.63) is 0 Å². The van der Waals surface area contributed by atoms with Crippen molar-refractivity contribution in [3.63, 3.8) is 0 Å². The maximum atomic E-state index is 12.1. The number of hydrogen-bond acceptors (Lipinski definition) is 3. The quantitative estimate of drug-likeness (QED) is 0.794. The van der Waals surface area contributed by atoms with Gasteiger partial charge in [0.1, 0.15) is 0 Å². The molecule has 2 rings (SSSR count). The van der Waals surface area contributed by atoms with Crippen LogP contribution in [0.15, 0.2) is 0 Å². The lowest BCUT2D eigenvalue weighted by Crippen LogP contribution is -2.55. The van der Waals surface area contributed by atoms with Crippen molar-refractivity contribution in [2.45, 2.75) is 19.3 Å². The maximum Gasteiger partial charge on any atom is 0.251 e. The Morgan fingerprint density at radius 2 is 2.22 bits per heavy atom. The molecule has 2 aliphatic heterocycles. The zero-order chi connectivity index (χ0) is 13.0. The van der Waals surface area contributed by atoms with Gasteiger partial charge in [0.2, 0.25) is 5.91 Å². The SMILES string of the molecule is O=C(NCC1CCCOC1)C1CN(CC(F)F)C1. The highest BCUT2D eigenvalue weighted by atomic mass is 19.3. The predicted molar refractivity (Wildman–Crippen MR) is 62.5 cm³/mol. The van der Waals surface area contributed by atoms with E-state index in [1.54, 1.807) is 4.90 Å². The molecule has 0 spiro atoms. The topological polar surface area (TPSA) is 41.6 Å². The summed E-state index contributed by atoms with van der Waals surface area (Å²) in [5, 5.41) is 2.90. The van der Waals surface area contributed by atoms with Crippen LogP contribution in [0.25, 0.3) is 0 Å². The molecule has 104 valence electrons. The van der Waals surface area contributed by atoms with Crippen LogP contribution in [0.2, 0.25) is 0 Å². The minimum atomic E-state index is -2.31. The van der Waals surface area contributed by atoms with Gasteiger partial charge in [0.05, 0.1) is 19.1 Å². The van der Waals surface area contributed by atoms with Gasteiger partial charge in [-0.1, -0.05) is 0 Å². The van der Waals surface area contributed by atoms with Crippen LogP contribution < -0.4 is 5.32 Å². The number of halogens is 2. The number of carbonyl (C=O) groups excluding carboxylic acids is 1. The molecule has 0 bridgehead atoms. The maximum absolute atomic E-state index is 12.1. The summed E-state index contributed by atoms with van der Waals surface area (Å²) in [6.45, 7) is 2.86. The summed E-state index contributed by atoms with van der Waals surface area (Å²) in [6, 6.07) is 0. The van der Waals surface area contributed by atoms with Gasteiger partial charge in [-0.2, -0.15) is 0 Å². The largest absolute Gasteiger partial charge is 0.381 e. The van der Waals surface area contributed by atoms with Crippen LogP contribution in [0.3, 0.4) is 0 Å².